The van der Waals surface area contributed by atoms with Crippen molar-refractivity contribution in [3.8, 4) is 0 Å². The average molecular weight is 228 g/mol. The molecule has 0 radical (unpaired) electrons. The molecule has 0 aromatic heterocycles. The minimum absolute atomic E-state index is 0.503. The lowest BCUT2D eigenvalue weighted by Crippen LogP contribution is -2.41. The van der Waals surface area contributed by atoms with Crippen LogP contribution in [0.4, 0.5) is 0 Å². The molecule has 1 heterocycles. The van der Waals surface area contributed by atoms with Crippen LogP contribution in [0.5, 0.6) is 0 Å². The average Bonchev–Trinajstić information content (AvgIpc) is 2.31. The Labute approximate surface area is 100 Å². The van der Waals surface area contributed by atoms with E-state index < -0.39 is 0 Å². The number of hydrogen-bond acceptors (Lipinski definition) is 3. The topological polar surface area (TPSA) is 38.5 Å². The van der Waals surface area contributed by atoms with Crippen molar-refractivity contribution >= 4 is 0 Å². The van der Waals surface area contributed by atoms with Gasteiger partial charge < -0.3 is 15.4 Å². The minimum Gasteiger partial charge on any atom is -0.378 e. The third-order valence-electron chi connectivity index (χ3n) is 3.48. The van der Waals surface area contributed by atoms with E-state index in [0.29, 0.717) is 12.0 Å². The van der Waals surface area contributed by atoms with Crippen LogP contribution in [0, 0.1) is 5.92 Å². The Bertz CT molecular complexity index is 167. The Morgan fingerprint density at radius 1 is 1.31 bits per heavy atom. The SMILES string of the molecule is CCCC(CN)CN1CCC(OCC)CC1. The highest BCUT2D eigenvalue weighted by Gasteiger charge is 2.20. The quantitative estimate of drug-likeness (QED) is 0.723. The first kappa shape index (κ1) is 13.9. The molecular weight excluding hydrogens is 200 g/mol. The fourth-order valence-electron chi connectivity index (χ4n) is 2.55. The molecular formula is C13H28N2O. The van der Waals surface area contributed by atoms with Gasteiger partial charge in [-0.2, -0.15) is 0 Å². The molecule has 0 aromatic carbocycles. The summed E-state index contributed by atoms with van der Waals surface area (Å²) in [4.78, 5) is 2.56. The van der Waals surface area contributed by atoms with Crippen LogP contribution in [-0.2, 0) is 4.74 Å². The predicted octanol–water partition coefficient (Wildman–Crippen LogP) is 1.86. The number of hydrogen-bond donors (Lipinski definition) is 1. The van der Waals surface area contributed by atoms with Crippen molar-refractivity contribution in [1.82, 2.24) is 4.90 Å². The maximum atomic E-state index is 5.80. The Balaban J connectivity index is 2.20. The zero-order valence-electron chi connectivity index (χ0n) is 11.0. The molecule has 16 heavy (non-hydrogen) atoms. The maximum absolute atomic E-state index is 5.80. The Morgan fingerprint density at radius 3 is 2.50 bits per heavy atom. The van der Waals surface area contributed by atoms with Crippen LogP contribution >= 0.6 is 0 Å². The molecule has 0 spiro atoms. The third-order valence-corrected chi connectivity index (χ3v) is 3.48. The number of rotatable bonds is 7. The van der Waals surface area contributed by atoms with Crippen molar-refractivity contribution in [2.24, 2.45) is 11.7 Å². The Kier molecular flexibility index (Phi) is 7.01. The summed E-state index contributed by atoms with van der Waals surface area (Å²) in [7, 11) is 0. The molecule has 0 bridgehead atoms. The van der Waals surface area contributed by atoms with Crippen molar-refractivity contribution in [1.29, 1.82) is 0 Å². The van der Waals surface area contributed by atoms with Crippen LogP contribution in [-0.4, -0.2) is 43.8 Å². The van der Waals surface area contributed by atoms with Crippen LogP contribution in [0.3, 0.4) is 0 Å². The van der Waals surface area contributed by atoms with Gasteiger partial charge in [0.05, 0.1) is 6.10 Å². The zero-order valence-corrected chi connectivity index (χ0v) is 11.0. The molecule has 96 valence electrons. The molecule has 0 aromatic rings. The molecule has 3 heteroatoms. The first-order chi connectivity index (χ1) is 7.80. The summed E-state index contributed by atoms with van der Waals surface area (Å²) in [5, 5.41) is 0. The van der Waals surface area contributed by atoms with Crippen molar-refractivity contribution < 1.29 is 4.74 Å². The van der Waals surface area contributed by atoms with Gasteiger partial charge in [-0.25, -0.2) is 0 Å². The lowest BCUT2D eigenvalue weighted by molar-refractivity contribution is 0.0110. The highest BCUT2D eigenvalue weighted by atomic mass is 16.5. The maximum Gasteiger partial charge on any atom is 0.0599 e. The van der Waals surface area contributed by atoms with Crippen LogP contribution in [0.15, 0.2) is 0 Å². The van der Waals surface area contributed by atoms with Crippen LogP contribution in [0.25, 0.3) is 0 Å². The van der Waals surface area contributed by atoms with E-state index in [4.69, 9.17) is 10.5 Å². The van der Waals surface area contributed by atoms with Gasteiger partial charge in [0.2, 0.25) is 0 Å². The van der Waals surface area contributed by atoms with Crippen LogP contribution in [0.1, 0.15) is 39.5 Å². The van der Waals surface area contributed by atoms with Gasteiger partial charge in [-0.1, -0.05) is 13.3 Å². The predicted molar refractivity (Wildman–Crippen MR) is 68.5 cm³/mol. The van der Waals surface area contributed by atoms with E-state index in [1.165, 1.54) is 45.3 Å². The van der Waals surface area contributed by atoms with E-state index >= 15 is 0 Å². The highest BCUT2D eigenvalue weighted by molar-refractivity contribution is 4.75. The normalized spacial score (nSPS) is 21.2. The summed E-state index contributed by atoms with van der Waals surface area (Å²) in [6, 6.07) is 0. The molecule has 1 aliphatic rings. The van der Waals surface area contributed by atoms with E-state index in [-0.39, 0.29) is 0 Å². The van der Waals surface area contributed by atoms with Crippen LogP contribution in [0.2, 0.25) is 0 Å². The summed E-state index contributed by atoms with van der Waals surface area (Å²) in [5.41, 5.74) is 5.80. The molecule has 3 nitrogen and oxygen atoms in total. The molecule has 1 atom stereocenters. The number of ether oxygens (including phenoxy) is 1. The molecule has 0 saturated carbocycles. The van der Waals surface area contributed by atoms with Crippen LogP contribution < -0.4 is 5.73 Å². The van der Waals surface area contributed by atoms with Crippen molar-refractivity contribution in [2.75, 3.05) is 32.8 Å². The molecule has 1 saturated heterocycles. The molecule has 2 N–H and O–H groups in total. The number of likely N-dealkylation sites (tertiary alicyclic amines) is 1. The van der Waals surface area contributed by atoms with Gasteiger partial charge in [-0.3, -0.25) is 0 Å². The molecule has 1 fully saturated rings. The summed E-state index contributed by atoms with van der Waals surface area (Å²) in [6.07, 6.45) is 5.40. The molecule has 1 unspecified atom stereocenters. The van der Waals surface area contributed by atoms with Gasteiger partial charge in [-0.15, -0.1) is 0 Å². The van der Waals surface area contributed by atoms with Gasteiger partial charge in [0.15, 0.2) is 0 Å². The standard InChI is InChI=1S/C13H28N2O/c1-3-5-12(10-14)11-15-8-6-13(7-9-15)16-4-2/h12-13H,3-11,14H2,1-2H3. The Morgan fingerprint density at radius 2 is 2.00 bits per heavy atom. The summed E-state index contributed by atoms with van der Waals surface area (Å²) in [5.74, 6) is 0.689. The van der Waals surface area contributed by atoms with Gasteiger partial charge in [0.1, 0.15) is 0 Å². The third kappa shape index (κ3) is 4.81. The smallest absolute Gasteiger partial charge is 0.0599 e. The second kappa shape index (κ2) is 8.04. The Hall–Kier alpha value is -0.120. The summed E-state index contributed by atoms with van der Waals surface area (Å²) < 4.78 is 5.66. The molecule has 0 aliphatic carbocycles. The van der Waals surface area contributed by atoms with Gasteiger partial charge >= 0.3 is 0 Å². The minimum atomic E-state index is 0.503. The summed E-state index contributed by atoms with van der Waals surface area (Å²) >= 11 is 0. The van der Waals surface area contributed by atoms with Gasteiger partial charge in [-0.05, 0) is 38.6 Å². The lowest BCUT2D eigenvalue weighted by Gasteiger charge is -2.33. The first-order valence-electron chi connectivity index (χ1n) is 6.84. The van der Waals surface area contributed by atoms with Gasteiger partial charge in [0, 0.05) is 26.2 Å². The molecule has 1 rings (SSSR count). The molecule has 1 aliphatic heterocycles. The summed E-state index contributed by atoms with van der Waals surface area (Å²) in [6.45, 7) is 9.56. The van der Waals surface area contributed by atoms with Crippen molar-refractivity contribution in [2.45, 2.75) is 45.6 Å². The second-order valence-corrected chi connectivity index (χ2v) is 4.85. The monoisotopic (exact) mass is 228 g/mol. The van der Waals surface area contributed by atoms with Gasteiger partial charge in [0.25, 0.3) is 0 Å². The van der Waals surface area contributed by atoms with E-state index in [1.54, 1.807) is 0 Å². The van der Waals surface area contributed by atoms with Crippen molar-refractivity contribution in [3.63, 3.8) is 0 Å². The number of nitrogens with zero attached hydrogens (tertiary/aromatic N) is 1. The van der Waals surface area contributed by atoms with E-state index in [9.17, 15) is 0 Å². The second-order valence-electron chi connectivity index (χ2n) is 4.85. The zero-order chi connectivity index (χ0) is 11.8. The van der Waals surface area contributed by atoms with E-state index in [0.717, 1.165) is 13.2 Å². The number of piperidine rings is 1. The van der Waals surface area contributed by atoms with E-state index in [2.05, 4.69) is 18.7 Å². The largest absolute Gasteiger partial charge is 0.378 e. The molecule has 0 amide bonds. The van der Waals surface area contributed by atoms with Crippen molar-refractivity contribution in [3.05, 3.63) is 0 Å². The fourth-order valence-corrected chi connectivity index (χ4v) is 2.55. The highest BCUT2D eigenvalue weighted by Crippen LogP contribution is 2.16. The van der Waals surface area contributed by atoms with E-state index in [1.807, 2.05) is 0 Å². The fraction of sp³-hybridized carbons (Fsp3) is 1.00. The first-order valence-corrected chi connectivity index (χ1v) is 6.84. The number of nitrogens with two attached hydrogens (primary N) is 1. The lowest BCUT2D eigenvalue weighted by atomic mass is 10.0.